The van der Waals surface area contributed by atoms with Crippen molar-refractivity contribution < 1.29 is 13.9 Å². The summed E-state index contributed by atoms with van der Waals surface area (Å²) in [6.45, 7) is 4.22. The van der Waals surface area contributed by atoms with Crippen LogP contribution in [0.2, 0.25) is 0 Å². The number of phenols is 1. The minimum atomic E-state index is -0.472. The molecule has 2 aromatic heterocycles. The fourth-order valence-electron chi connectivity index (χ4n) is 3.80. The molecule has 0 unspecified atom stereocenters. The maximum atomic E-state index is 12.5. The second-order valence-corrected chi connectivity index (χ2v) is 8.24. The summed E-state index contributed by atoms with van der Waals surface area (Å²) in [5, 5.41) is 19.4. The van der Waals surface area contributed by atoms with E-state index in [1.54, 1.807) is 6.07 Å². The number of hydrogen-bond acceptors (Lipinski definition) is 6. The molecule has 0 atom stereocenters. The number of aryl methyl sites for hydroxylation is 1. The number of fused-ring (bicyclic) bond motifs is 1. The zero-order chi connectivity index (χ0) is 22.5. The molecule has 0 amide bonds. The monoisotopic (exact) mass is 432 g/mol. The molecule has 0 bridgehead atoms. The zero-order valence-corrected chi connectivity index (χ0v) is 18.6. The first-order chi connectivity index (χ1) is 15.5. The Hall–Kier alpha value is -3.41. The molecule has 1 aliphatic rings. The first kappa shape index (κ1) is 21.8. The standard InChI is InChI=1S/C26H28N2O4/c1-3-4-5-6-9-19-13-20-14-21(26(30)31-23(20)16-22(19)29)15-24-27-28-25(32-24)18-10-7-8-17(2)11-12-18/h8,10-14,16,29H,3-7,9,15H2,1-2H3. The number of nitrogens with zero attached hydrogens (tertiary/aromatic N) is 2. The van der Waals surface area contributed by atoms with Crippen molar-refractivity contribution >= 4 is 16.5 Å². The quantitative estimate of drug-likeness (QED) is 0.353. The summed E-state index contributed by atoms with van der Waals surface area (Å²) in [7, 11) is 0. The predicted molar refractivity (Wildman–Crippen MR) is 125 cm³/mol. The highest BCUT2D eigenvalue weighted by atomic mass is 16.4. The van der Waals surface area contributed by atoms with Gasteiger partial charge in [-0.05, 0) is 50.0 Å². The van der Waals surface area contributed by atoms with Gasteiger partial charge in [0.15, 0.2) is 0 Å². The molecule has 6 nitrogen and oxygen atoms in total. The van der Waals surface area contributed by atoms with Gasteiger partial charge in [0.2, 0.25) is 11.8 Å². The number of allylic oxidation sites excluding steroid dienone is 6. The number of unbranched alkanes of at least 4 members (excludes halogenated alkanes) is 3. The third-order valence-electron chi connectivity index (χ3n) is 5.66. The van der Waals surface area contributed by atoms with Crippen LogP contribution in [0.3, 0.4) is 0 Å². The molecule has 0 aliphatic heterocycles. The molecule has 0 radical (unpaired) electrons. The molecule has 6 heteroatoms. The van der Waals surface area contributed by atoms with Gasteiger partial charge in [0.1, 0.15) is 11.3 Å². The molecule has 2 heterocycles. The summed E-state index contributed by atoms with van der Waals surface area (Å²) in [5.74, 6) is 0.957. The van der Waals surface area contributed by atoms with E-state index >= 15 is 0 Å². The van der Waals surface area contributed by atoms with E-state index in [0.29, 0.717) is 22.9 Å². The van der Waals surface area contributed by atoms with Gasteiger partial charge < -0.3 is 13.9 Å². The lowest BCUT2D eigenvalue weighted by Gasteiger charge is -2.07. The minimum Gasteiger partial charge on any atom is -0.508 e. The summed E-state index contributed by atoms with van der Waals surface area (Å²) < 4.78 is 11.3. The number of aromatic hydroxyl groups is 1. The van der Waals surface area contributed by atoms with Crippen molar-refractivity contribution in [3.05, 3.63) is 81.4 Å². The lowest BCUT2D eigenvalue weighted by atomic mass is 10.0. The van der Waals surface area contributed by atoms with Gasteiger partial charge in [-0.3, -0.25) is 0 Å². The van der Waals surface area contributed by atoms with Gasteiger partial charge in [0, 0.05) is 22.6 Å². The molecule has 0 spiro atoms. The van der Waals surface area contributed by atoms with Crippen molar-refractivity contribution in [3.63, 3.8) is 0 Å². The molecule has 1 aliphatic carbocycles. The third kappa shape index (κ3) is 5.07. The molecule has 0 fully saturated rings. The van der Waals surface area contributed by atoms with Crippen molar-refractivity contribution in [2.24, 2.45) is 0 Å². The Morgan fingerprint density at radius 2 is 1.84 bits per heavy atom. The molecule has 1 aromatic carbocycles. The number of hydrogen-bond donors (Lipinski definition) is 1. The second-order valence-electron chi connectivity index (χ2n) is 8.24. The highest BCUT2D eigenvalue weighted by molar-refractivity contribution is 5.80. The van der Waals surface area contributed by atoms with Gasteiger partial charge in [0.05, 0.1) is 6.42 Å². The van der Waals surface area contributed by atoms with Crippen LogP contribution in [-0.2, 0) is 12.8 Å². The lowest BCUT2D eigenvalue weighted by molar-refractivity contribution is 0.463. The van der Waals surface area contributed by atoms with Crippen LogP contribution in [0.1, 0.15) is 68.9 Å². The Bertz CT molecular complexity index is 1260. The van der Waals surface area contributed by atoms with E-state index in [9.17, 15) is 9.90 Å². The van der Waals surface area contributed by atoms with Crippen LogP contribution in [0.15, 0.2) is 61.7 Å². The Morgan fingerprint density at radius 1 is 1.00 bits per heavy atom. The normalized spacial score (nSPS) is 13.8. The van der Waals surface area contributed by atoms with Gasteiger partial charge >= 0.3 is 5.63 Å². The van der Waals surface area contributed by atoms with Crippen LogP contribution in [0.5, 0.6) is 5.75 Å². The Labute approximate surface area is 187 Å². The van der Waals surface area contributed by atoms with Gasteiger partial charge in [0.25, 0.3) is 0 Å². The van der Waals surface area contributed by atoms with E-state index in [1.807, 2.05) is 31.2 Å². The lowest BCUT2D eigenvalue weighted by Crippen LogP contribution is -2.08. The summed E-state index contributed by atoms with van der Waals surface area (Å²) >= 11 is 0. The number of rotatable bonds is 8. The topological polar surface area (TPSA) is 89.4 Å². The maximum Gasteiger partial charge on any atom is 0.339 e. The summed E-state index contributed by atoms with van der Waals surface area (Å²) in [6, 6.07) is 5.22. The number of benzene rings is 1. The van der Waals surface area contributed by atoms with Crippen molar-refractivity contribution in [2.45, 2.75) is 58.8 Å². The molecule has 1 N–H and O–H groups in total. The molecule has 32 heavy (non-hydrogen) atoms. The van der Waals surface area contributed by atoms with Crippen LogP contribution >= 0.6 is 0 Å². The van der Waals surface area contributed by atoms with E-state index in [1.165, 1.54) is 24.5 Å². The number of phenolic OH excluding ortho intramolecular Hbond substituents is 1. The smallest absolute Gasteiger partial charge is 0.339 e. The van der Waals surface area contributed by atoms with Gasteiger partial charge in [-0.15, -0.1) is 10.2 Å². The SMILES string of the molecule is CCCCCCc1cc2cc(Cc3nnc(C4=CCC=C(C)C=C4)o3)c(=O)oc2cc1O. The molecule has 3 aromatic rings. The molecule has 4 rings (SSSR count). The highest BCUT2D eigenvalue weighted by Gasteiger charge is 2.15. The molecule has 166 valence electrons. The van der Waals surface area contributed by atoms with Crippen molar-refractivity contribution in [3.8, 4) is 5.75 Å². The fraction of sp³-hybridized carbons (Fsp3) is 0.346. The van der Waals surface area contributed by atoms with E-state index < -0.39 is 5.63 Å². The van der Waals surface area contributed by atoms with Gasteiger partial charge in [-0.1, -0.05) is 50.0 Å². The van der Waals surface area contributed by atoms with Crippen LogP contribution in [0, 0.1) is 0 Å². The molecular formula is C26H28N2O4. The average molecular weight is 433 g/mol. The van der Waals surface area contributed by atoms with E-state index in [4.69, 9.17) is 8.83 Å². The fourth-order valence-corrected chi connectivity index (χ4v) is 3.80. The van der Waals surface area contributed by atoms with E-state index in [0.717, 1.165) is 42.2 Å². The van der Waals surface area contributed by atoms with E-state index in [2.05, 4.69) is 23.2 Å². The zero-order valence-electron chi connectivity index (χ0n) is 18.6. The maximum absolute atomic E-state index is 12.5. The Kier molecular flexibility index (Phi) is 6.69. The molecule has 0 saturated carbocycles. The minimum absolute atomic E-state index is 0.167. The average Bonchev–Trinajstić information content (AvgIpc) is 3.12. The Morgan fingerprint density at radius 3 is 2.69 bits per heavy atom. The highest BCUT2D eigenvalue weighted by Crippen LogP contribution is 2.27. The van der Waals surface area contributed by atoms with Gasteiger partial charge in [-0.25, -0.2) is 4.79 Å². The molecular weight excluding hydrogens is 404 g/mol. The largest absolute Gasteiger partial charge is 0.508 e. The summed E-state index contributed by atoms with van der Waals surface area (Å²) in [5.41, 5.74) is 3.26. The van der Waals surface area contributed by atoms with Crippen LogP contribution in [0.25, 0.3) is 16.5 Å². The first-order valence-corrected chi connectivity index (χ1v) is 11.2. The van der Waals surface area contributed by atoms with Crippen LogP contribution < -0.4 is 5.63 Å². The second kappa shape index (κ2) is 9.81. The molecule has 0 saturated heterocycles. The van der Waals surface area contributed by atoms with Crippen LogP contribution in [-0.4, -0.2) is 15.3 Å². The summed E-state index contributed by atoms with van der Waals surface area (Å²) in [4.78, 5) is 12.5. The van der Waals surface area contributed by atoms with Crippen molar-refractivity contribution in [1.82, 2.24) is 10.2 Å². The summed E-state index contributed by atoms with van der Waals surface area (Å²) in [6.07, 6.45) is 14.4. The predicted octanol–water partition coefficient (Wildman–Crippen LogP) is 5.88. The Balaban J connectivity index is 1.55. The van der Waals surface area contributed by atoms with Gasteiger partial charge in [-0.2, -0.15) is 0 Å². The van der Waals surface area contributed by atoms with Crippen molar-refractivity contribution in [1.29, 1.82) is 0 Å². The first-order valence-electron chi connectivity index (χ1n) is 11.2. The van der Waals surface area contributed by atoms with Crippen LogP contribution in [0.4, 0.5) is 0 Å². The number of aromatic nitrogens is 2. The van der Waals surface area contributed by atoms with E-state index in [-0.39, 0.29) is 12.2 Å². The van der Waals surface area contributed by atoms with Crippen molar-refractivity contribution in [2.75, 3.05) is 0 Å². The third-order valence-corrected chi connectivity index (χ3v) is 5.66.